The van der Waals surface area contributed by atoms with E-state index in [1.807, 2.05) is 31.2 Å². The Morgan fingerprint density at radius 3 is 2.32 bits per heavy atom. The van der Waals surface area contributed by atoms with E-state index in [2.05, 4.69) is 5.32 Å². The molecular formula is C15H13Cl2NO. The predicted octanol–water partition coefficient (Wildman–Crippen LogP) is 4.48. The molecular weight excluding hydrogens is 281 g/mol. The Hall–Kier alpha value is -1.51. The summed E-state index contributed by atoms with van der Waals surface area (Å²) in [6, 6.07) is 14.1. The van der Waals surface area contributed by atoms with Gasteiger partial charge in [0.2, 0.25) is 0 Å². The van der Waals surface area contributed by atoms with E-state index in [4.69, 9.17) is 23.2 Å². The highest BCUT2D eigenvalue weighted by molar-refractivity contribution is 6.31. The molecule has 0 bridgehead atoms. The molecule has 0 fully saturated rings. The lowest BCUT2D eigenvalue weighted by molar-refractivity contribution is 0.0940. The van der Waals surface area contributed by atoms with Crippen molar-refractivity contribution in [1.82, 2.24) is 5.32 Å². The van der Waals surface area contributed by atoms with Crippen LogP contribution in [0.15, 0.2) is 48.5 Å². The van der Waals surface area contributed by atoms with Crippen molar-refractivity contribution in [1.29, 1.82) is 0 Å². The lowest BCUT2D eigenvalue weighted by Gasteiger charge is -2.15. The van der Waals surface area contributed by atoms with Crippen LogP contribution < -0.4 is 5.32 Å². The average Bonchev–Trinajstić information content (AvgIpc) is 2.39. The van der Waals surface area contributed by atoms with Crippen LogP contribution in [0, 0.1) is 0 Å². The van der Waals surface area contributed by atoms with Gasteiger partial charge in [-0.05, 0) is 42.8 Å². The predicted molar refractivity (Wildman–Crippen MR) is 78.8 cm³/mol. The number of carbonyl (C=O) groups excluding carboxylic acids is 1. The van der Waals surface area contributed by atoms with Gasteiger partial charge in [-0.15, -0.1) is 0 Å². The molecule has 2 rings (SSSR count). The van der Waals surface area contributed by atoms with Crippen molar-refractivity contribution < 1.29 is 4.79 Å². The Kier molecular flexibility index (Phi) is 4.46. The molecule has 1 N–H and O–H groups in total. The SMILES string of the molecule is CC(NC(=O)c1ccc(Cl)cc1)c1ccccc1Cl. The largest absolute Gasteiger partial charge is 0.345 e. The molecule has 0 aromatic heterocycles. The van der Waals surface area contributed by atoms with Gasteiger partial charge < -0.3 is 5.32 Å². The summed E-state index contributed by atoms with van der Waals surface area (Å²) in [5.41, 5.74) is 1.47. The van der Waals surface area contributed by atoms with Gasteiger partial charge in [0.1, 0.15) is 0 Å². The monoisotopic (exact) mass is 293 g/mol. The zero-order valence-corrected chi connectivity index (χ0v) is 11.9. The first-order valence-corrected chi connectivity index (χ1v) is 6.64. The van der Waals surface area contributed by atoms with Gasteiger partial charge in [-0.1, -0.05) is 41.4 Å². The fraction of sp³-hybridized carbons (Fsp3) is 0.133. The maximum absolute atomic E-state index is 12.1. The number of benzene rings is 2. The van der Waals surface area contributed by atoms with Gasteiger partial charge in [0, 0.05) is 15.6 Å². The second-order valence-corrected chi connectivity index (χ2v) is 5.07. The smallest absolute Gasteiger partial charge is 0.251 e. The minimum absolute atomic E-state index is 0.149. The molecule has 98 valence electrons. The lowest BCUT2D eigenvalue weighted by atomic mass is 10.1. The van der Waals surface area contributed by atoms with Crippen LogP contribution in [0.5, 0.6) is 0 Å². The van der Waals surface area contributed by atoms with Crippen molar-refractivity contribution in [2.45, 2.75) is 13.0 Å². The summed E-state index contributed by atoms with van der Waals surface area (Å²) in [7, 11) is 0. The summed E-state index contributed by atoms with van der Waals surface area (Å²) < 4.78 is 0. The van der Waals surface area contributed by atoms with Crippen molar-refractivity contribution in [3.8, 4) is 0 Å². The number of hydrogen-bond acceptors (Lipinski definition) is 1. The van der Waals surface area contributed by atoms with E-state index in [0.29, 0.717) is 15.6 Å². The second kappa shape index (κ2) is 6.09. The summed E-state index contributed by atoms with van der Waals surface area (Å²) in [5.74, 6) is -0.149. The maximum atomic E-state index is 12.1. The molecule has 0 spiro atoms. The molecule has 19 heavy (non-hydrogen) atoms. The number of rotatable bonds is 3. The van der Waals surface area contributed by atoms with E-state index < -0.39 is 0 Å². The summed E-state index contributed by atoms with van der Waals surface area (Å²) in [6.45, 7) is 1.90. The molecule has 0 aliphatic carbocycles. The van der Waals surface area contributed by atoms with Crippen LogP contribution in [0.3, 0.4) is 0 Å². The number of hydrogen-bond donors (Lipinski definition) is 1. The highest BCUT2D eigenvalue weighted by Crippen LogP contribution is 2.22. The van der Waals surface area contributed by atoms with E-state index >= 15 is 0 Å². The van der Waals surface area contributed by atoms with E-state index in [-0.39, 0.29) is 11.9 Å². The van der Waals surface area contributed by atoms with Crippen LogP contribution in [0.1, 0.15) is 28.9 Å². The topological polar surface area (TPSA) is 29.1 Å². The maximum Gasteiger partial charge on any atom is 0.251 e. The molecule has 1 unspecified atom stereocenters. The van der Waals surface area contributed by atoms with Gasteiger partial charge in [-0.25, -0.2) is 0 Å². The Morgan fingerprint density at radius 2 is 1.68 bits per heavy atom. The summed E-state index contributed by atoms with van der Waals surface area (Å²) >= 11 is 11.9. The minimum Gasteiger partial charge on any atom is -0.345 e. The van der Waals surface area contributed by atoms with Crippen LogP contribution in [-0.2, 0) is 0 Å². The molecule has 0 heterocycles. The van der Waals surface area contributed by atoms with Crippen molar-refractivity contribution >= 4 is 29.1 Å². The Balaban J connectivity index is 2.11. The highest BCUT2D eigenvalue weighted by atomic mass is 35.5. The number of nitrogens with one attached hydrogen (secondary N) is 1. The molecule has 2 nitrogen and oxygen atoms in total. The molecule has 0 aliphatic heterocycles. The van der Waals surface area contributed by atoms with E-state index in [0.717, 1.165) is 5.56 Å². The summed E-state index contributed by atoms with van der Waals surface area (Å²) in [4.78, 5) is 12.1. The third-order valence-corrected chi connectivity index (χ3v) is 3.42. The molecule has 0 aliphatic rings. The highest BCUT2D eigenvalue weighted by Gasteiger charge is 2.13. The summed E-state index contributed by atoms with van der Waals surface area (Å²) in [6.07, 6.45) is 0. The molecule has 1 atom stereocenters. The van der Waals surface area contributed by atoms with Crippen molar-refractivity contribution in [2.24, 2.45) is 0 Å². The van der Waals surface area contributed by atoms with Gasteiger partial charge >= 0.3 is 0 Å². The fourth-order valence-corrected chi connectivity index (χ4v) is 2.21. The van der Waals surface area contributed by atoms with E-state index in [9.17, 15) is 4.79 Å². The summed E-state index contributed by atoms with van der Waals surface area (Å²) in [5, 5.41) is 4.16. The zero-order valence-electron chi connectivity index (χ0n) is 10.4. The first kappa shape index (κ1) is 13.9. The molecule has 1 amide bonds. The minimum atomic E-state index is -0.156. The molecule has 0 saturated heterocycles. The average molecular weight is 294 g/mol. The Morgan fingerprint density at radius 1 is 1.05 bits per heavy atom. The van der Waals surface area contributed by atoms with Crippen LogP contribution in [0.25, 0.3) is 0 Å². The Bertz CT molecular complexity index is 581. The first-order chi connectivity index (χ1) is 9.08. The third-order valence-electron chi connectivity index (χ3n) is 2.83. The van der Waals surface area contributed by atoms with Crippen LogP contribution in [-0.4, -0.2) is 5.91 Å². The zero-order chi connectivity index (χ0) is 13.8. The molecule has 2 aromatic carbocycles. The van der Waals surface area contributed by atoms with Crippen molar-refractivity contribution in [3.63, 3.8) is 0 Å². The first-order valence-electron chi connectivity index (χ1n) is 5.89. The van der Waals surface area contributed by atoms with E-state index in [1.54, 1.807) is 24.3 Å². The second-order valence-electron chi connectivity index (χ2n) is 4.22. The van der Waals surface area contributed by atoms with Crippen LogP contribution in [0.4, 0.5) is 0 Å². The van der Waals surface area contributed by atoms with Crippen LogP contribution in [0.2, 0.25) is 10.0 Å². The van der Waals surface area contributed by atoms with E-state index in [1.165, 1.54) is 0 Å². The van der Waals surface area contributed by atoms with Crippen molar-refractivity contribution in [3.05, 3.63) is 69.7 Å². The Labute approximate surface area is 122 Å². The van der Waals surface area contributed by atoms with Gasteiger partial charge in [0.15, 0.2) is 0 Å². The van der Waals surface area contributed by atoms with Crippen molar-refractivity contribution in [2.75, 3.05) is 0 Å². The normalized spacial score (nSPS) is 11.9. The van der Waals surface area contributed by atoms with Gasteiger partial charge in [0.25, 0.3) is 5.91 Å². The number of carbonyl (C=O) groups is 1. The van der Waals surface area contributed by atoms with Crippen LogP contribution >= 0.6 is 23.2 Å². The third kappa shape index (κ3) is 3.49. The molecule has 0 radical (unpaired) electrons. The molecule has 2 aromatic rings. The number of halogens is 2. The quantitative estimate of drug-likeness (QED) is 0.888. The van der Waals surface area contributed by atoms with Gasteiger partial charge in [0.05, 0.1) is 6.04 Å². The number of amides is 1. The lowest BCUT2D eigenvalue weighted by Crippen LogP contribution is -2.26. The standard InChI is InChI=1S/C15H13Cl2NO/c1-10(13-4-2-3-5-14(13)17)18-15(19)11-6-8-12(16)9-7-11/h2-10H,1H3,(H,18,19). The van der Waals surface area contributed by atoms with Gasteiger partial charge in [-0.2, -0.15) is 0 Å². The molecule has 0 saturated carbocycles. The molecule has 4 heteroatoms. The fourth-order valence-electron chi connectivity index (χ4n) is 1.79. The van der Waals surface area contributed by atoms with Gasteiger partial charge in [-0.3, -0.25) is 4.79 Å².